The summed E-state index contributed by atoms with van der Waals surface area (Å²) >= 11 is 1.45. The van der Waals surface area contributed by atoms with Gasteiger partial charge in [0.25, 0.3) is 5.91 Å². The summed E-state index contributed by atoms with van der Waals surface area (Å²) < 4.78 is 5.51. The molecule has 2 heterocycles. The highest BCUT2D eigenvalue weighted by Gasteiger charge is 2.23. The molecule has 0 unspecified atom stereocenters. The first-order chi connectivity index (χ1) is 11.1. The van der Waals surface area contributed by atoms with Gasteiger partial charge in [-0.15, -0.1) is 11.8 Å². The van der Waals surface area contributed by atoms with Crippen LogP contribution in [-0.4, -0.2) is 40.8 Å². The van der Waals surface area contributed by atoms with Gasteiger partial charge in [0, 0.05) is 10.9 Å². The molecule has 3 amide bonds. The maximum atomic E-state index is 12.1. The maximum absolute atomic E-state index is 12.1. The van der Waals surface area contributed by atoms with E-state index in [-0.39, 0.29) is 18.2 Å². The molecule has 0 spiro atoms. The number of nitrogens with zero attached hydrogens (tertiary/aromatic N) is 1. The monoisotopic (exact) mass is 333 g/mol. The minimum absolute atomic E-state index is 0.0781. The van der Waals surface area contributed by atoms with Gasteiger partial charge in [-0.2, -0.15) is 0 Å². The Morgan fingerprint density at radius 2 is 2.09 bits per heavy atom. The van der Waals surface area contributed by atoms with Crippen LogP contribution < -0.4 is 10.9 Å². The van der Waals surface area contributed by atoms with Gasteiger partial charge in [-0.05, 0) is 13.0 Å². The Kier molecular flexibility index (Phi) is 4.24. The number of carbonyl (C=O) groups is 3. The molecule has 2 N–H and O–H groups in total. The number of benzene rings is 1. The van der Waals surface area contributed by atoms with Crippen LogP contribution in [0.4, 0.5) is 0 Å². The van der Waals surface area contributed by atoms with E-state index in [4.69, 9.17) is 4.42 Å². The van der Waals surface area contributed by atoms with E-state index in [9.17, 15) is 14.4 Å². The molecule has 8 heteroatoms. The average molecular weight is 333 g/mol. The van der Waals surface area contributed by atoms with E-state index < -0.39 is 11.8 Å². The summed E-state index contributed by atoms with van der Waals surface area (Å²) in [5.74, 6) is -0.0400. The number of carbonyl (C=O) groups excluding carboxylic acids is 3. The van der Waals surface area contributed by atoms with E-state index in [1.807, 2.05) is 18.2 Å². The minimum Gasteiger partial charge on any atom is -0.451 e. The predicted octanol–water partition coefficient (Wildman–Crippen LogP) is 1.04. The summed E-state index contributed by atoms with van der Waals surface area (Å²) in [5.41, 5.74) is 5.93. The number of nitrogens with one attached hydrogen (secondary N) is 2. The average Bonchev–Trinajstić information content (AvgIpc) is 3.09. The van der Waals surface area contributed by atoms with E-state index in [0.717, 1.165) is 5.39 Å². The molecule has 1 aliphatic rings. The lowest BCUT2D eigenvalue weighted by Gasteiger charge is -2.14. The highest BCUT2D eigenvalue weighted by molar-refractivity contribution is 8.00. The molecule has 0 radical (unpaired) electrons. The highest BCUT2D eigenvalue weighted by atomic mass is 32.2. The van der Waals surface area contributed by atoms with Crippen molar-refractivity contribution < 1.29 is 18.8 Å². The third kappa shape index (κ3) is 3.16. The Hall–Kier alpha value is -2.48. The van der Waals surface area contributed by atoms with Crippen LogP contribution in [0.1, 0.15) is 16.1 Å². The van der Waals surface area contributed by atoms with Crippen molar-refractivity contribution >= 4 is 40.5 Å². The van der Waals surface area contributed by atoms with Crippen LogP contribution in [0, 0.1) is 6.92 Å². The van der Waals surface area contributed by atoms with E-state index >= 15 is 0 Å². The number of hydrazine groups is 1. The molecule has 0 atom stereocenters. The number of amides is 3. The van der Waals surface area contributed by atoms with Crippen molar-refractivity contribution in [3.05, 3.63) is 35.6 Å². The van der Waals surface area contributed by atoms with Crippen molar-refractivity contribution in [2.24, 2.45) is 0 Å². The summed E-state index contributed by atoms with van der Waals surface area (Å²) in [6.45, 7) is 1.70. The smallest absolute Gasteiger partial charge is 0.305 e. The molecule has 2 aromatic rings. The Bertz CT molecular complexity index is 786. The van der Waals surface area contributed by atoms with Crippen LogP contribution in [0.15, 0.2) is 28.7 Å². The molecule has 1 aliphatic heterocycles. The number of para-hydroxylation sites is 1. The number of thioether (sulfide) groups is 1. The van der Waals surface area contributed by atoms with Gasteiger partial charge in [0.15, 0.2) is 5.76 Å². The van der Waals surface area contributed by atoms with Crippen molar-refractivity contribution in [1.82, 2.24) is 15.8 Å². The largest absolute Gasteiger partial charge is 0.451 e. The maximum Gasteiger partial charge on any atom is 0.305 e. The molecule has 1 aromatic heterocycles. The Labute approximate surface area is 136 Å². The third-order valence-corrected chi connectivity index (χ3v) is 4.47. The molecule has 23 heavy (non-hydrogen) atoms. The summed E-state index contributed by atoms with van der Waals surface area (Å²) in [6.07, 6.45) is 0. The normalized spacial score (nSPS) is 14.3. The fourth-order valence-electron chi connectivity index (χ4n) is 2.33. The van der Waals surface area contributed by atoms with Gasteiger partial charge in [-0.3, -0.25) is 25.2 Å². The van der Waals surface area contributed by atoms with Crippen LogP contribution in [0.3, 0.4) is 0 Å². The van der Waals surface area contributed by atoms with Crippen LogP contribution in [0.5, 0.6) is 0 Å². The molecule has 1 aromatic carbocycles. The van der Waals surface area contributed by atoms with Crippen molar-refractivity contribution in [2.45, 2.75) is 6.92 Å². The molecular formula is C15H15N3O4S. The van der Waals surface area contributed by atoms with E-state index in [0.29, 0.717) is 22.8 Å². The predicted molar refractivity (Wildman–Crippen MR) is 85.6 cm³/mol. The molecule has 0 saturated carbocycles. The van der Waals surface area contributed by atoms with Gasteiger partial charge in [0.05, 0.1) is 11.6 Å². The van der Waals surface area contributed by atoms with Crippen LogP contribution >= 0.6 is 11.8 Å². The standard InChI is InChI=1S/C15H15N3O4S/c1-9-10-4-2-3-5-11(10)22-14(9)15(21)17-16-12(19)6-18-8-23-7-13(18)20/h2-5H,6-8H2,1H3,(H,16,19)(H,17,21). The zero-order chi connectivity index (χ0) is 16.4. The quantitative estimate of drug-likeness (QED) is 0.819. The van der Waals surface area contributed by atoms with Crippen molar-refractivity contribution in [3.63, 3.8) is 0 Å². The first-order valence-electron chi connectivity index (χ1n) is 6.99. The molecular weight excluding hydrogens is 318 g/mol. The van der Waals surface area contributed by atoms with Crippen molar-refractivity contribution in [1.29, 1.82) is 0 Å². The molecule has 1 saturated heterocycles. The number of rotatable bonds is 3. The van der Waals surface area contributed by atoms with Crippen molar-refractivity contribution in [2.75, 3.05) is 18.2 Å². The number of hydrogen-bond acceptors (Lipinski definition) is 5. The molecule has 1 fully saturated rings. The van der Waals surface area contributed by atoms with Gasteiger partial charge in [-0.1, -0.05) is 18.2 Å². The van der Waals surface area contributed by atoms with Crippen LogP contribution in [-0.2, 0) is 9.59 Å². The highest BCUT2D eigenvalue weighted by Crippen LogP contribution is 2.24. The van der Waals surface area contributed by atoms with E-state index in [2.05, 4.69) is 10.9 Å². The van der Waals surface area contributed by atoms with Crippen molar-refractivity contribution in [3.8, 4) is 0 Å². The summed E-state index contributed by atoms with van der Waals surface area (Å²) in [7, 11) is 0. The topological polar surface area (TPSA) is 91.7 Å². The molecule has 3 rings (SSSR count). The summed E-state index contributed by atoms with van der Waals surface area (Å²) in [5, 5.41) is 0.851. The number of fused-ring (bicyclic) bond motifs is 1. The Morgan fingerprint density at radius 1 is 1.30 bits per heavy atom. The molecule has 7 nitrogen and oxygen atoms in total. The number of aryl methyl sites for hydroxylation is 1. The molecule has 0 bridgehead atoms. The lowest BCUT2D eigenvalue weighted by molar-refractivity contribution is -0.132. The summed E-state index contributed by atoms with van der Waals surface area (Å²) in [4.78, 5) is 36.8. The molecule has 120 valence electrons. The lowest BCUT2D eigenvalue weighted by atomic mass is 10.1. The van der Waals surface area contributed by atoms with Gasteiger partial charge >= 0.3 is 5.91 Å². The second-order valence-corrected chi connectivity index (χ2v) is 6.08. The number of hydrogen-bond donors (Lipinski definition) is 2. The van der Waals surface area contributed by atoms with Crippen LogP contribution in [0.25, 0.3) is 11.0 Å². The second kappa shape index (κ2) is 6.33. The van der Waals surface area contributed by atoms with Gasteiger partial charge in [0.1, 0.15) is 12.1 Å². The second-order valence-electron chi connectivity index (χ2n) is 5.12. The first kappa shape index (κ1) is 15.4. The Balaban J connectivity index is 1.61. The zero-order valence-electron chi connectivity index (χ0n) is 12.4. The summed E-state index contributed by atoms with van der Waals surface area (Å²) in [6, 6.07) is 7.31. The van der Waals surface area contributed by atoms with E-state index in [1.165, 1.54) is 16.7 Å². The van der Waals surface area contributed by atoms with Crippen LogP contribution in [0.2, 0.25) is 0 Å². The van der Waals surface area contributed by atoms with Gasteiger partial charge in [0.2, 0.25) is 5.91 Å². The first-order valence-corrected chi connectivity index (χ1v) is 8.14. The van der Waals surface area contributed by atoms with E-state index in [1.54, 1.807) is 13.0 Å². The van der Waals surface area contributed by atoms with Gasteiger partial charge in [-0.25, -0.2) is 0 Å². The Morgan fingerprint density at radius 3 is 2.78 bits per heavy atom. The minimum atomic E-state index is -0.533. The molecule has 0 aliphatic carbocycles. The fourth-order valence-corrected chi connectivity index (χ4v) is 3.23. The fraction of sp³-hybridized carbons (Fsp3) is 0.267. The zero-order valence-corrected chi connectivity index (χ0v) is 13.2. The number of furan rings is 1. The third-order valence-electron chi connectivity index (χ3n) is 3.53. The lowest BCUT2D eigenvalue weighted by Crippen LogP contribution is -2.46. The SMILES string of the molecule is Cc1c(C(=O)NNC(=O)CN2CSCC2=O)oc2ccccc12. The van der Waals surface area contributed by atoms with Gasteiger partial charge < -0.3 is 9.32 Å².